The summed E-state index contributed by atoms with van der Waals surface area (Å²) in [5, 5.41) is 13.6. The van der Waals surface area contributed by atoms with E-state index in [1.54, 1.807) is 54.6 Å². The van der Waals surface area contributed by atoms with Gasteiger partial charge in [0, 0.05) is 32.8 Å². The van der Waals surface area contributed by atoms with Gasteiger partial charge in [-0.25, -0.2) is 10.4 Å². The third-order valence-electron chi connectivity index (χ3n) is 5.82. The number of thiazole rings is 1. The minimum atomic E-state index is -0.397. The molecule has 8 nitrogen and oxygen atoms in total. The highest BCUT2D eigenvalue weighted by Crippen LogP contribution is 2.27. The number of aromatic nitrogens is 1. The van der Waals surface area contributed by atoms with Gasteiger partial charge in [-0.05, 0) is 54.6 Å². The summed E-state index contributed by atoms with van der Waals surface area (Å²) < 4.78 is 5.67. The quantitative estimate of drug-likeness (QED) is 0.111. The van der Waals surface area contributed by atoms with Crippen LogP contribution in [0.4, 0.5) is 16.5 Å². The van der Waals surface area contributed by atoms with E-state index in [-0.39, 0.29) is 12.5 Å². The van der Waals surface area contributed by atoms with Crippen LogP contribution in [0.1, 0.15) is 15.9 Å². The molecule has 0 aliphatic carbocycles. The first kappa shape index (κ1) is 28.8. The summed E-state index contributed by atoms with van der Waals surface area (Å²) in [6.45, 7) is -0.269. The topological polar surface area (TPSA) is 105 Å². The van der Waals surface area contributed by atoms with E-state index < -0.39 is 5.91 Å². The zero-order valence-electron chi connectivity index (χ0n) is 21.9. The monoisotopic (exact) mass is 615 g/mol. The fraction of sp³-hybridized carbons (Fsp3) is 0.0323. The standard InChI is InChI=1S/C31H23Cl2N5O3S/c32-23-14-15-28(41-18-29(39)36-26-9-5-4-8-25(26)33)22(16-23)17-34-38-30(40)21-12-10-20(11-13-21)27-19-42-31(37-27)35-24-6-2-1-3-7-24/h1-17,19H,18H2,(H,35,37)(H,36,39)(H,38,40)/b34-17+. The molecule has 0 fully saturated rings. The molecule has 42 heavy (non-hydrogen) atoms. The van der Waals surface area contributed by atoms with E-state index in [0.717, 1.165) is 22.1 Å². The van der Waals surface area contributed by atoms with Crippen molar-refractivity contribution < 1.29 is 14.3 Å². The number of rotatable bonds is 10. The molecule has 2 amide bonds. The lowest BCUT2D eigenvalue weighted by atomic mass is 10.1. The molecule has 0 aliphatic rings. The number of amides is 2. The van der Waals surface area contributed by atoms with Crippen molar-refractivity contribution in [1.82, 2.24) is 10.4 Å². The Balaban J connectivity index is 1.17. The molecule has 0 unspecified atom stereocenters. The molecule has 5 aromatic rings. The Labute approximate surface area is 256 Å². The molecule has 11 heteroatoms. The number of halogens is 2. The Hall–Kier alpha value is -4.70. The van der Waals surface area contributed by atoms with Gasteiger partial charge >= 0.3 is 0 Å². The first-order chi connectivity index (χ1) is 20.4. The van der Waals surface area contributed by atoms with Crippen molar-refractivity contribution in [3.8, 4) is 17.0 Å². The van der Waals surface area contributed by atoms with Crippen molar-refractivity contribution in [2.45, 2.75) is 0 Å². The Kier molecular flexibility index (Phi) is 9.45. The number of anilines is 3. The maximum absolute atomic E-state index is 12.7. The van der Waals surface area contributed by atoms with Crippen molar-refractivity contribution in [1.29, 1.82) is 0 Å². The second kappa shape index (κ2) is 13.8. The number of hydrogen-bond acceptors (Lipinski definition) is 7. The molecule has 4 aromatic carbocycles. The smallest absolute Gasteiger partial charge is 0.271 e. The highest BCUT2D eigenvalue weighted by Gasteiger charge is 2.11. The number of hydrogen-bond donors (Lipinski definition) is 3. The van der Waals surface area contributed by atoms with Gasteiger partial charge in [-0.15, -0.1) is 11.3 Å². The second-order valence-corrected chi connectivity index (χ2v) is 10.5. The van der Waals surface area contributed by atoms with Crippen molar-refractivity contribution in [2.75, 3.05) is 17.2 Å². The summed E-state index contributed by atoms with van der Waals surface area (Å²) in [5.74, 6) is -0.425. The predicted molar refractivity (Wildman–Crippen MR) is 169 cm³/mol. The van der Waals surface area contributed by atoms with Crippen LogP contribution in [-0.4, -0.2) is 29.6 Å². The summed E-state index contributed by atoms with van der Waals surface area (Å²) >= 11 is 13.7. The van der Waals surface area contributed by atoms with Crippen LogP contribution in [0.5, 0.6) is 5.75 Å². The van der Waals surface area contributed by atoms with E-state index in [4.69, 9.17) is 27.9 Å². The van der Waals surface area contributed by atoms with Gasteiger partial charge in [0.15, 0.2) is 11.7 Å². The Morgan fingerprint density at radius 1 is 0.929 bits per heavy atom. The first-order valence-electron chi connectivity index (χ1n) is 12.6. The average Bonchev–Trinajstić information content (AvgIpc) is 3.47. The largest absolute Gasteiger partial charge is 0.483 e. The second-order valence-electron chi connectivity index (χ2n) is 8.80. The molecule has 0 saturated carbocycles. The van der Waals surface area contributed by atoms with Crippen LogP contribution >= 0.6 is 34.5 Å². The van der Waals surface area contributed by atoms with Crippen LogP contribution in [0, 0.1) is 0 Å². The highest BCUT2D eigenvalue weighted by atomic mass is 35.5. The summed E-state index contributed by atoms with van der Waals surface area (Å²) in [5.41, 5.74) is 6.53. The maximum atomic E-state index is 12.7. The van der Waals surface area contributed by atoms with Gasteiger partial charge in [0.25, 0.3) is 11.8 Å². The van der Waals surface area contributed by atoms with Gasteiger partial charge in [0.1, 0.15) is 5.75 Å². The van der Waals surface area contributed by atoms with E-state index in [2.05, 4.69) is 26.1 Å². The molecule has 0 radical (unpaired) electrons. The minimum Gasteiger partial charge on any atom is -0.483 e. The van der Waals surface area contributed by atoms with Crippen LogP contribution < -0.4 is 20.8 Å². The number of ether oxygens (including phenoxy) is 1. The molecular weight excluding hydrogens is 593 g/mol. The summed E-state index contributed by atoms with van der Waals surface area (Å²) in [4.78, 5) is 29.7. The molecule has 0 aliphatic heterocycles. The molecule has 0 saturated heterocycles. The minimum absolute atomic E-state index is 0.269. The van der Waals surface area contributed by atoms with Crippen molar-refractivity contribution in [3.63, 3.8) is 0 Å². The summed E-state index contributed by atoms with van der Waals surface area (Å²) in [7, 11) is 0. The number of nitrogens with zero attached hydrogens (tertiary/aromatic N) is 2. The zero-order chi connectivity index (χ0) is 29.3. The summed E-state index contributed by atoms with van der Waals surface area (Å²) in [6.07, 6.45) is 1.40. The van der Waals surface area contributed by atoms with E-state index in [1.165, 1.54) is 17.6 Å². The Morgan fingerprint density at radius 2 is 1.69 bits per heavy atom. The summed E-state index contributed by atoms with van der Waals surface area (Å²) in [6, 6.07) is 28.6. The van der Waals surface area contributed by atoms with Crippen LogP contribution in [0.2, 0.25) is 10.0 Å². The normalized spacial score (nSPS) is 10.8. The van der Waals surface area contributed by atoms with Crippen molar-refractivity contribution in [2.24, 2.45) is 5.10 Å². The van der Waals surface area contributed by atoms with Gasteiger partial charge in [-0.2, -0.15) is 5.10 Å². The average molecular weight is 617 g/mol. The maximum Gasteiger partial charge on any atom is 0.271 e. The molecule has 0 bridgehead atoms. The predicted octanol–water partition coefficient (Wildman–Crippen LogP) is 7.64. The van der Waals surface area contributed by atoms with Crippen LogP contribution in [0.25, 0.3) is 11.3 Å². The van der Waals surface area contributed by atoms with Gasteiger partial charge in [-0.1, -0.05) is 65.7 Å². The van der Waals surface area contributed by atoms with E-state index in [0.29, 0.717) is 32.6 Å². The Bertz CT molecular complexity index is 1730. The lowest BCUT2D eigenvalue weighted by Gasteiger charge is -2.11. The van der Waals surface area contributed by atoms with Crippen molar-refractivity contribution >= 4 is 69.1 Å². The number of carbonyl (C=O) groups excluding carboxylic acids is 2. The van der Waals surface area contributed by atoms with Gasteiger partial charge in [0.2, 0.25) is 0 Å². The zero-order valence-corrected chi connectivity index (χ0v) is 24.2. The lowest BCUT2D eigenvalue weighted by Crippen LogP contribution is -2.21. The number of hydrazone groups is 1. The van der Waals surface area contributed by atoms with Crippen LogP contribution in [0.15, 0.2) is 108 Å². The fourth-order valence-corrected chi connectivity index (χ4v) is 4.87. The molecule has 1 heterocycles. The number of para-hydroxylation sites is 2. The van der Waals surface area contributed by atoms with E-state index >= 15 is 0 Å². The number of nitrogens with one attached hydrogen (secondary N) is 3. The highest BCUT2D eigenvalue weighted by molar-refractivity contribution is 7.14. The third-order valence-corrected chi connectivity index (χ3v) is 7.14. The van der Waals surface area contributed by atoms with E-state index in [9.17, 15) is 9.59 Å². The SMILES string of the molecule is O=C(COc1ccc(Cl)cc1/C=N/NC(=O)c1ccc(-c2csc(Nc3ccccc3)n2)cc1)Nc1ccccc1Cl. The molecule has 0 spiro atoms. The molecule has 0 atom stereocenters. The molecule has 1 aromatic heterocycles. The van der Waals surface area contributed by atoms with Gasteiger partial charge in [0.05, 0.1) is 22.6 Å². The molecule has 5 rings (SSSR count). The molecular formula is C31H23Cl2N5O3S. The number of benzene rings is 4. The van der Waals surface area contributed by atoms with Crippen LogP contribution in [-0.2, 0) is 4.79 Å². The first-order valence-corrected chi connectivity index (χ1v) is 14.3. The van der Waals surface area contributed by atoms with Crippen molar-refractivity contribution in [3.05, 3.63) is 124 Å². The molecule has 210 valence electrons. The number of carbonyl (C=O) groups is 2. The van der Waals surface area contributed by atoms with Crippen LogP contribution in [0.3, 0.4) is 0 Å². The third kappa shape index (κ3) is 7.73. The lowest BCUT2D eigenvalue weighted by molar-refractivity contribution is -0.118. The van der Waals surface area contributed by atoms with E-state index in [1.807, 2.05) is 47.8 Å². The van der Waals surface area contributed by atoms with Gasteiger partial charge in [-0.3, -0.25) is 9.59 Å². The fourth-order valence-electron chi connectivity index (χ4n) is 3.77. The van der Waals surface area contributed by atoms with Gasteiger partial charge < -0.3 is 15.4 Å². The Morgan fingerprint density at radius 3 is 2.48 bits per heavy atom. The molecule has 3 N–H and O–H groups in total.